The van der Waals surface area contributed by atoms with E-state index in [0.29, 0.717) is 17.8 Å². The van der Waals surface area contributed by atoms with Crippen LogP contribution in [0.4, 0.5) is 8.78 Å². The van der Waals surface area contributed by atoms with Crippen LogP contribution in [0.25, 0.3) is 0 Å². The zero-order valence-electron chi connectivity index (χ0n) is 9.24. The molecule has 90 valence electrons. The van der Waals surface area contributed by atoms with Crippen molar-refractivity contribution >= 4 is 0 Å². The number of hydrogen-bond acceptors (Lipinski definition) is 3. The average Bonchev–Trinajstić information content (AvgIpc) is 2.77. The highest BCUT2D eigenvalue weighted by atomic mass is 19.1. The second kappa shape index (κ2) is 5.01. The third-order valence-corrected chi connectivity index (χ3v) is 2.36. The van der Waals surface area contributed by atoms with Gasteiger partial charge in [-0.25, -0.2) is 8.78 Å². The zero-order chi connectivity index (χ0) is 12.3. The SMILES string of the molecule is CCNC(c1cc(F)cc(F)c1)c1cn[nH]n1. The Labute approximate surface area is 97.0 Å². The van der Waals surface area contributed by atoms with Crippen LogP contribution in [0, 0.1) is 11.6 Å². The van der Waals surface area contributed by atoms with Gasteiger partial charge in [-0.1, -0.05) is 6.92 Å². The molecule has 2 N–H and O–H groups in total. The maximum Gasteiger partial charge on any atom is 0.126 e. The predicted molar refractivity (Wildman–Crippen MR) is 58.3 cm³/mol. The highest BCUT2D eigenvalue weighted by Gasteiger charge is 2.17. The van der Waals surface area contributed by atoms with Crippen LogP contribution in [0.15, 0.2) is 24.4 Å². The monoisotopic (exact) mass is 238 g/mol. The van der Waals surface area contributed by atoms with Crippen LogP contribution in [0.2, 0.25) is 0 Å². The molecule has 0 saturated heterocycles. The summed E-state index contributed by atoms with van der Waals surface area (Å²) in [5.41, 5.74) is 1.08. The van der Waals surface area contributed by atoms with Gasteiger partial charge >= 0.3 is 0 Å². The summed E-state index contributed by atoms with van der Waals surface area (Å²) in [6, 6.07) is 3.04. The van der Waals surface area contributed by atoms with Gasteiger partial charge in [0.25, 0.3) is 0 Å². The maximum absolute atomic E-state index is 13.2. The van der Waals surface area contributed by atoms with Crippen molar-refractivity contribution in [1.82, 2.24) is 20.7 Å². The van der Waals surface area contributed by atoms with Crippen molar-refractivity contribution < 1.29 is 8.78 Å². The Morgan fingerprint density at radius 3 is 2.53 bits per heavy atom. The summed E-state index contributed by atoms with van der Waals surface area (Å²) >= 11 is 0. The van der Waals surface area contributed by atoms with E-state index in [0.717, 1.165) is 6.07 Å². The Balaban J connectivity index is 2.38. The first-order valence-corrected chi connectivity index (χ1v) is 5.25. The van der Waals surface area contributed by atoms with Crippen molar-refractivity contribution in [3.8, 4) is 0 Å². The Bertz CT molecular complexity index is 464. The van der Waals surface area contributed by atoms with Gasteiger partial charge in [0.1, 0.15) is 17.3 Å². The lowest BCUT2D eigenvalue weighted by molar-refractivity contribution is 0.561. The van der Waals surface area contributed by atoms with Gasteiger partial charge in [-0.05, 0) is 24.2 Å². The molecule has 0 amide bonds. The summed E-state index contributed by atoms with van der Waals surface area (Å²) in [5.74, 6) is -1.21. The Hall–Kier alpha value is -1.82. The molecule has 1 atom stereocenters. The second-order valence-electron chi connectivity index (χ2n) is 3.59. The van der Waals surface area contributed by atoms with Gasteiger partial charge in [0, 0.05) is 6.07 Å². The van der Waals surface area contributed by atoms with Gasteiger partial charge in [-0.3, -0.25) is 0 Å². The minimum atomic E-state index is -0.605. The fourth-order valence-corrected chi connectivity index (χ4v) is 1.69. The van der Waals surface area contributed by atoms with Crippen LogP contribution in [0.5, 0.6) is 0 Å². The normalized spacial score (nSPS) is 12.6. The maximum atomic E-state index is 13.2. The first-order chi connectivity index (χ1) is 8.20. The number of H-pyrrole nitrogens is 1. The first-order valence-electron chi connectivity index (χ1n) is 5.25. The second-order valence-corrected chi connectivity index (χ2v) is 3.59. The summed E-state index contributed by atoms with van der Waals surface area (Å²) in [6.07, 6.45) is 1.52. The van der Waals surface area contributed by atoms with Crippen molar-refractivity contribution in [3.63, 3.8) is 0 Å². The largest absolute Gasteiger partial charge is 0.305 e. The van der Waals surface area contributed by atoms with Gasteiger partial charge in [0.2, 0.25) is 0 Å². The molecular formula is C11H12F2N4. The van der Waals surface area contributed by atoms with Crippen LogP contribution < -0.4 is 5.32 Å². The molecule has 0 radical (unpaired) electrons. The molecule has 1 unspecified atom stereocenters. The fraction of sp³-hybridized carbons (Fsp3) is 0.273. The van der Waals surface area contributed by atoms with E-state index in [1.165, 1.54) is 18.3 Å². The van der Waals surface area contributed by atoms with Crippen molar-refractivity contribution in [2.45, 2.75) is 13.0 Å². The molecular weight excluding hydrogens is 226 g/mol. The Kier molecular flexibility index (Phi) is 3.43. The predicted octanol–water partition coefficient (Wildman–Crippen LogP) is 1.78. The third-order valence-electron chi connectivity index (χ3n) is 2.36. The number of aromatic nitrogens is 3. The molecule has 0 aliphatic carbocycles. The molecule has 2 rings (SSSR count). The van der Waals surface area contributed by atoms with Crippen LogP contribution in [-0.2, 0) is 0 Å². The van der Waals surface area contributed by atoms with E-state index in [-0.39, 0.29) is 6.04 Å². The van der Waals surface area contributed by atoms with Crippen molar-refractivity contribution in [3.05, 3.63) is 47.3 Å². The molecule has 0 bridgehead atoms. The third kappa shape index (κ3) is 2.65. The van der Waals surface area contributed by atoms with Crippen molar-refractivity contribution in [1.29, 1.82) is 0 Å². The minimum absolute atomic E-state index is 0.371. The summed E-state index contributed by atoms with van der Waals surface area (Å²) < 4.78 is 26.3. The highest BCUT2D eigenvalue weighted by Crippen LogP contribution is 2.21. The highest BCUT2D eigenvalue weighted by molar-refractivity contribution is 5.27. The molecule has 0 aliphatic rings. The van der Waals surface area contributed by atoms with Gasteiger partial charge in [0.05, 0.1) is 12.2 Å². The number of nitrogens with one attached hydrogen (secondary N) is 2. The van der Waals surface area contributed by atoms with E-state index in [2.05, 4.69) is 20.7 Å². The summed E-state index contributed by atoms with van der Waals surface area (Å²) in [7, 11) is 0. The van der Waals surface area contributed by atoms with E-state index >= 15 is 0 Å². The van der Waals surface area contributed by atoms with E-state index in [1.807, 2.05) is 6.92 Å². The summed E-state index contributed by atoms with van der Waals surface area (Å²) in [5, 5.41) is 13.2. The summed E-state index contributed by atoms with van der Waals surface area (Å²) in [4.78, 5) is 0. The average molecular weight is 238 g/mol. The number of rotatable bonds is 4. The molecule has 6 heteroatoms. The minimum Gasteiger partial charge on any atom is -0.305 e. The van der Waals surface area contributed by atoms with Crippen LogP contribution >= 0.6 is 0 Å². The lowest BCUT2D eigenvalue weighted by atomic mass is 10.0. The van der Waals surface area contributed by atoms with E-state index in [9.17, 15) is 8.78 Å². The van der Waals surface area contributed by atoms with Gasteiger partial charge in [0.15, 0.2) is 0 Å². The molecule has 0 fully saturated rings. The van der Waals surface area contributed by atoms with E-state index in [1.54, 1.807) is 0 Å². The standard InChI is InChI=1S/C11H12F2N4/c1-2-14-11(10-6-15-17-16-10)7-3-8(12)5-9(13)4-7/h3-6,11,14H,2H2,1H3,(H,15,16,17). The van der Waals surface area contributed by atoms with Crippen molar-refractivity contribution in [2.75, 3.05) is 6.54 Å². The lowest BCUT2D eigenvalue weighted by Gasteiger charge is -2.15. The number of halogens is 2. The van der Waals surface area contributed by atoms with Crippen LogP contribution in [-0.4, -0.2) is 22.0 Å². The first kappa shape index (κ1) is 11.7. The molecule has 0 aliphatic heterocycles. The number of hydrogen-bond donors (Lipinski definition) is 2. The smallest absolute Gasteiger partial charge is 0.126 e. The van der Waals surface area contributed by atoms with Gasteiger partial charge in [-0.15, -0.1) is 0 Å². The van der Waals surface area contributed by atoms with Crippen LogP contribution in [0.1, 0.15) is 24.2 Å². The Morgan fingerprint density at radius 1 is 1.29 bits per heavy atom. The van der Waals surface area contributed by atoms with E-state index in [4.69, 9.17) is 0 Å². The zero-order valence-corrected chi connectivity index (χ0v) is 9.24. The molecule has 4 nitrogen and oxygen atoms in total. The fourth-order valence-electron chi connectivity index (χ4n) is 1.69. The molecule has 17 heavy (non-hydrogen) atoms. The number of aromatic amines is 1. The molecule has 0 spiro atoms. The molecule has 2 aromatic rings. The summed E-state index contributed by atoms with van der Waals surface area (Å²) in [6.45, 7) is 2.55. The quantitative estimate of drug-likeness (QED) is 0.853. The Morgan fingerprint density at radius 2 is 2.00 bits per heavy atom. The van der Waals surface area contributed by atoms with Crippen molar-refractivity contribution in [2.24, 2.45) is 0 Å². The number of benzene rings is 1. The number of nitrogens with zero attached hydrogens (tertiary/aromatic N) is 2. The molecule has 0 saturated carbocycles. The molecule has 1 aromatic heterocycles. The van der Waals surface area contributed by atoms with E-state index < -0.39 is 11.6 Å². The lowest BCUT2D eigenvalue weighted by Crippen LogP contribution is -2.22. The van der Waals surface area contributed by atoms with Gasteiger partial charge in [-0.2, -0.15) is 15.4 Å². The van der Waals surface area contributed by atoms with Gasteiger partial charge < -0.3 is 5.32 Å². The molecule has 1 aromatic carbocycles. The van der Waals surface area contributed by atoms with Crippen LogP contribution in [0.3, 0.4) is 0 Å². The topological polar surface area (TPSA) is 53.6 Å². The molecule has 1 heterocycles.